The van der Waals surface area contributed by atoms with Crippen molar-refractivity contribution in [3.63, 3.8) is 0 Å². The molecule has 5 heteroatoms. The lowest BCUT2D eigenvalue weighted by molar-refractivity contribution is -0.138. The minimum absolute atomic E-state index is 0.0504. The molecule has 1 aromatic carbocycles. The van der Waals surface area contributed by atoms with Crippen LogP contribution in [0.15, 0.2) is 24.3 Å². The lowest BCUT2D eigenvalue weighted by Gasteiger charge is -2.20. The van der Waals surface area contributed by atoms with Crippen LogP contribution in [0.4, 0.5) is 13.2 Å². The van der Waals surface area contributed by atoms with Crippen molar-refractivity contribution in [1.82, 2.24) is 5.32 Å². The van der Waals surface area contributed by atoms with Crippen molar-refractivity contribution in [2.75, 3.05) is 13.1 Å². The second-order valence-electron chi connectivity index (χ2n) is 3.46. The molecule has 0 saturated carbocycles. The molecule has 0 aliphatic rings. The molecule has 2 nitrogen and oxygen atoms in total. The largest absolute Gasteiger partial charge is 0.416 e. The summed E-state index contributed by atoms with van der Waals surface area (Å²) in [4.78, 5) is 0. The predicted octanol–water partition coefficient (Wildman–Crippen LogP) is 1.93. The molecule has 0 spiro atoms. The summed E-state index contributed by atoms with van der Waals surface area (Å²) >= 11 is 0. The molecule has 0 aromatic heterocycles. The standard InChI is InChI=1S/C12H13F3N2/c1-2-7-17-11(8-16)9-5-3-4-6-10(9)12(13,14)15/h1,3-6,11,17H,7-8,16H2. The van der Waals surface area contributed by atoms with Gasteiger partial charge in [-0.1, -0.05) is 24.1 Å². The molecule has 92 valence electrons. The fourth-order valence-corrected chi connectivity index (χ4v) is 1.56. The van der Waals surface area contributed by atoms with Gasteiger partial charge in [-0.05, 0) is 11.6 Å². The zero-order chi connectivity index (χ0) is 12.9. The number of hydrogen-bond donors (Lipinski definition) is 2. The normalized spacial score (nSPS) is 13.1. The van der Waals surface area contributed by atoms with Gasteiger partial charge in [-0.2, -0.15) is 13.2 Å². The molecule has 0 amide bonds. The van der Waals surface area contributed by atoms with Gasteiger partial charge in [0, 0.05) is 12.6 Å². The van der Waals surface area contributed by atoms with Gasteiger partial charge in [0.25, 0.3) is 0 Å². The van der Waals surface area contributed by atoms with E-state index >= 15 is 0 Å². The number of alkyl halides is 3. The Morgan fingerprint density at radius 1 is 1.35 bits per heavy atom. The van der Waals surface area contributed by atoms with Gasteiger partial charge in [0.2, 0.25) is 0 Å². The molecule has 0 aliphatic carbocycles. The molecule has 0 saturated heterocycles. The summed E-state index contributed by atoms with van der Waals surface area (Å²) < 4.78 is 38.3. The van der Waals surface area contributed by atoms with Crippen LogP contribution in [-0.2, 0) is 6.18 Å². The van der Waals surface area contributed by atoms with Crippen molar-refractivity contribution in [2.24, 2.45) is 5.73 Å². The highest BCUT2D eigenvalue weighted by Crippen LogP contribution is 2.34. The number of nitrogens with one attached hydrogen (secondary N) is 1. The van der Waals surface area contributed by atoms with Crippen molar-refractivity contribution in [1.29, 1.82) is 0 Å². The van der Waals surface area contributed by atoms with Crippen molar-refractivity contribution < 1.29 is 13.2 Å². The zero-order valence-electron chi connectivity index (χ0n) is 9.09. The van der Waals surface area contributed by atoms with Crippen LogP contribution in [0.25, 0.3) is 0 Å². The van der Waals surface area contributed by atoms with E-state index in [-0.39, 0.29) is 18.7 Å². The fraction of sp³-hybridized carbons (Fsp3) is 0.333. The van der Waals surface area contributed by atoms with Crippen LogP contribution in [0.1, 0.15) is 17.2 Å². The van der Waals surface area contributed by atoms with Crippen molar-refractivity contribution in [2.45, 2.75) is 12.2 Å². The third kappa shape index (κ3) is 3.48. The van der Waals surface area contributed by atoms with E-state index in [1.54, 1.807) is 6.07 Å². The number of nitrogens with two attached hydrogens (primary N) is 1. The lowest BCUT2D eigenvalue weighted by atomic mass is 10.00. The monoisotopic (exact) mass is 242 g/mol. The average Bonchev–Trinajstić information content (AvgIpc) is 2.29. The van der Waals surface area contributed by atoms with Gasteiger partial charge in [-0.25, -0.2) is 0 Å². The Labute approximate surface area is 98.0 Å². The Hall–Kier alpha value is -1.51. The lowest BCUT2D eigenvalue weighted by Crippen LogP contribution is -2.30. The molecule has 0 fully saturated rings. The summed E-state index contributed by atoms with van der Waals surface area (Å²) in [6.45, 7) is 0.225. The SMILES string of the molecule is C#CCNC(CN)c1ccccc1C(F)(F)F. The van der Waals surface area contributed by atoms with E-state index in [1.165, 1.54) is 12.1 Å². The van der Waals surface area contributed by atoms with E-state index in [0.29, 0.717) is 0 Å². The maximum absolute atomic E-state index is 12.8. The maximum Gasteiger partial charge on any atom is 0.416 e. The number of terminal acetylenes is 1. The van der Waals surface area contributed by atoms with Crippen LogP contribution in [0.3, 0.4) is 0 Å². The highest BCUT2D eigenvalue weighted by atomic mass is 19.4. The van der Waals surface area contributed by atoms with Crippen LogP contribution in [0.2, 0.25) is 0 Å². The molecule has 1 atom stereocenters. The van der Waals surface area contributed by atoms with Gasteiger partial charge < -0.3 is 5.73 Å². The topological polar surface area (TPSA) is 38.0 Å². The third-order valence-electron chi connectivity index (χ3n) is 2.33. The predicted molar refractivity (Wildman–Crippen MR) is 60.1 cm³/mol. The van der Waals surface area contributed by atoms with E-state index < -0.39 is 17.8 Å². The summed E-state index contributed by atoms with van der Waals surface area (Å²) in [6.07, 6.45) is 0.671. The summed E-state index contributed by atoms with van der Waals surface area (Å²) in [7, 11) is 0. The number of benzene rings is 1. The summed E-state index contributed by atoms with van der Waals surface area (Å²) in [5, 5.41) is 2.79. The number of hydrogen-bond acceptors (Lipinski definition) is 2. The summed E-state index contributed by atoms with van der Waals surface area (Å²) in [6, 6.07) is 4.74. The Morgan fingerprint density at radius 3 is 2.53 bits per heavy atom. The number of rotatable bonds is 4. The van der Waals surface area contributed by atoms with Gasteiger partial charge in [-0.15, -0.1) is 6.42 Å². The maximum atomic E-state index is 12.8. The molecule has 3 N–H and O–H groups in total. The van der Waals surface area contributed by atoms with E-state index in [4.69, 9.17) is 12.2 Å². The zero-order valence-corrected chi connectivity index (χ0v) is 9.09. The van der Waals surface area contributed by atoms with Crippen molar-refractivity contribution in [3.8, 4) is 12.3 Å². The van der Waals surface area contributed by atoms with Crippen LogP contribution < -0.4 is 11.1 Å². The van der Waals surface area contributed by atoms with Crippen LogP contribution in [-0.4, -0.2) is 13.1 Å². The quantitative estimate of drug-likeness (QED) is 0.792. The van der Waals surface area contributed by atoms with Crippen molar-refractivity contribution >= 4 is 0 Å². The summed E-state index contributed by atoms with van der Waals surface area (Å²) in [5.74, 6) is 2.31. The Morgan fingerprint density at radius 2 is 2.00 bits per heavy atom. The van der Waals surface area contributed by atoms with Gasteiger partial charge >= 0.3 is 6.18 Å². The van der Waals surface area contributed by atoms with Crippen LogP contribution in [0, 0.1) is 12.3 Å². The Balaban J connectivity index is 3.07. The molecular formula is C12H13F3N2. The molecular weight excluding hydrogens is 229 g/mol. The minimum Gasteiger partial charge on any atom is -0.329 e. The van der Waals surface area contributed by atoms with Crippen LogP contribution in [0.5, 0.6) is 0 Å². The second-order valence-corrected chi connectivity index (χ2v) is 3.46. The molecule has 1 unspecified atom stereocenters. The van der Waals surface area contributed by atoms with E-state index in [2.05, 4.69) is 11.2 Å². The molecule has 0 radical (unpaired) electrons. The molecule has 1 rings (SSSR count). The number of halogens is 3. The third-order valence-corrected chi connectivity index (χ3v) is 2.33. The smallest absolute Gasteiger partial charge is 0.329 e. The first kappa shape index (κ1) is 13.6. The molecule has 17 heavy (non-hydrogen) atoms. The first-order chi connectivity index (χ1) is 8.00. The molecule has 0 heterocycles. The van der Waals surface area contributed by atoms with E-state index in [9.17, 15) is 13.2 Å². The van der Waals surface area contributed by atoms with Gasteiger partial charge in [0.1, 0.15) is 0 Å². The average molecular weight is 242 g/mol. The first-order valence-electron chi connectivity index (χ1n) is 5.03. The minimum atomic E-state index is -4.39. The van der Waals surface area contributed by atoms with E-state index in [0.717, 1.165) is 6.07 Å². The van der Waals surface area contributed by atoms with Crippen molar-refractivity contribution in [3.05, 3.63) is 35.4 Å². The van der Waals surface area contributed by atoms with Gasteiger partial charge in [0.15, 0.2) is 0 Å². The Bertz CT molecular complexity index is 407. The highest BCUT2D eigenvalue weighted by molar-refractivity contribution is 5.32. The summed E-state index contributed by atoms with van der Waals surface area (Å²) in [5.41, 5.74) is 4.90. The molecule has 1 aromatic rings. The first-order valence-corrected chi connectivity index (χ1v) is 5.03. The Kier molecular flexibility index (Phi) is 4.55. The van der Waals surface area contributed by atoms with Crippen LogP contribution >= 0.6 is 0 Å². The van der Waals surface area contributed by atoms with Gasteiger partial charge in [-0.3, -0.25) is 5.32 Å². The molecule has 0 bridgehead atoms. The van der Waals surface area contributed by atoms with Gasteiger partial charge in [0.05, 0.1) is 12.1 Å². The molecule has 0 aliphatic heterocycles. The van der Waals surface area contributed by atoms with E-state index in [1.807, 2.05) is 0 Å². The second kappa shape index (κ2) is 5.71. The highest BCUT2D eigenvalue weighted by Gasteiger charge is 2.34. The fourth-order valence-electron chi connectivity index (χ4n) is 1.56.